The van der Waals surface area contributed by atoms with E-state index < -0.39 is 5.60 Å². The number of hydrogen-bond donors (Lipinski definition) is 3. The molecule has 164 valence electrons. The molecular weight excluding hydrogens is 370 g/mol. The van der Waals surface area contributed by atoms with Crippen LogP contribution in [-0.4, -0.2) is 62.3 Å². The molecule has 0 aliphatic carbocycles. The number of aliphatic imine (C=N–C) groups is 1. The Morgan fingerprint density at radius 2 is 1.93 bits per heavy atom. The second-order valence-electron chi connectivity index (χ2n) is 8.29. The molecule has 1 saturated heterocycles. The van der Waals surface area contributed by atoms with E-state index in [1.807, 2.05) is 32.9 Å². The number of piperidine rings is 1. The molecule has 0 radical (unpaired) electrons. The van der Waals surface area contributed by atoms with Crippen molar-refractivity contribution < 1.29 is 13.9 Å². The Balaban J connectivity index is 1.72. The molecule has 1 unspecified atom stereocenters. The number of ether oxygens (including phenoxy) is 1. The number of furan rings is 1. The van der Waals surface area contributed by atoms with Crippen molar-refractivity contribution >= 4 is 12.1 Å². The Bertz CT molecular complexity index is 619. The average Bonchev–Trinajstić information content (AvgIpc) is 3.20. The summed E-state index contributed by atoms with van der Waals surface area (Å²) in [4.78, 5) is 18.4. The summed E-state index contributed by atoms with van der Waals surface area (Å²) in [6.07, 6.45) is 5.88. The van der Waals surface area contributed by atoms with E-state index in [0.29, 0.717) is 13.1 Å². The van der Waals surface area contributed by atoms with E-state index in [1.165, 1.54) is 19.3 Å². The molecule has 0 spiro atoms. The molecule has 8 nitrogen and oxygen atoms in total. The fourth-order valence-electron chi connectivity index (χ4n) is 3.33. The Labute approximate surface area is 174 Å². The van der Waals surface area contributed by atoms with E-state index >= 15 is 0 Å². The lowest BCUT2D eigenvalue weighted by Crippen LogP contribution is -2.45. The van der Waals surface area contributed by atoms with E-state index in [2.05, 4.69) is 25.8 Å². The molecule has 1 amide bonds. The summed E-state index contributed by atoms with van der Waals surface area (Å²) in [5, 5.41) is 9.47. The highest BCUT2D eigenvalue weighted by Crippen LogP contribution is 2.24. The Kier molecular flexibility index (Phi) is 9.31. The number of nitrogens with one attached hydrogen (secondary N) is 3. The summed E-state index contributed by atoms with van der Waals surface area (Å²) in [6, 6.07) is 4.17. The summed E-state index contributed by atoms with van der Waals surface area (Å²) in [5.41, 5.74) is -0.479. The molecule has 0 saturated carbocycles. The van der Waals surface area contributed by atoms with E-state index in [9.17, 15) is 4.79 Å². The fraction of sp³-hybridized carbons (Fsp3) is 0.714. The third-order valence-electron chi connectivity index (χ3n) is 4.70. The third-order valence-corrected chi connectivity index (χ3v) is 4.70. The van der Waals surface area contributed by atoms with Gasteiger partial charge < -0.3 is 25.1 Å². The number of guanidine groups is 1. The lowest BCUT2D eigenvalue weighted by Gasteiger charge is -2.33. The second kappa shape index (κ2) is 11.7. The summed E-state index contributed by atoms with van der Waals surface area (Å²) >= 11 is 0. The van der Waals surface area contributed by atoms with Gasteiger partial charge in [-0.15, -0.1) is 0 Å². The Hall–Kier alpha value is -2.22. The molecule has 1 aliphatic rings. The first-order valence-electron chi connectivity index (χ1n) is 10.6. The van der Waals surface area contributed by atoms with Gasteiger partial charge in [-0.2, -0.15) is 0 Å². The first-order valence-corrected chi connectivity index (χ1v) is 10.6. The van der Waals surface area contributed by atoms with E-state index in [-0.39, 0.29) is 12.1 Å². The van der Waals surface area contributed by atoms with Crippen molar-refractivity contribution in [3.05, 3.63) is 24.2 Å². The monoisotopic (exact) mass is 407 g/mol. The van der Waals surface area contributed by atoms with Gasteiger partial charge in [0, 0.05) is 26.7 Å². The minimum absolute atomic E-state index is 0.192. The molecule has 0 aromatic carbocycles. The largest absolute Gasteiger partial charge is 0.468 e. The van der Waals surface area contributed by atoms with E-state index in [0.717, 1.165) is 37.8 Å². The highest BCUT2D eigenvalue weighted by molar-refractivity contribution is 5.79. The standard InChI is InChI=1S/C21H37N5O3/c1-21(2,3)29-20(27)24-12-9-11-23-19(22-4)25-16-17(18-10-8-15-28-18)26-13-6-5-7-14-26/h8,10,15,17H,5-7,9,11-14,16H2,1-4H3,(H,24,27)(H2,22,23,25). The zero-order valence-corrected chi connectivity index (χ0v) is 18.3. The molecular formula is C21H37N5O3. The molecule has 1 aliphatic heterocycles. The SMILES string of the molecule is CN=C(NCCCNC(=O)OC(C)(C)C)NCC(c1ccco1)N1CCCCC1. The maximum atomic E-state index is 11.6. The van der Waals surface area contributed by atoms with Gasteiger partial charge in [0.05, 0.1) is 12.3 Å². The first-order chi connectivity index (χ1) is 13.9. The summed E-state index contributed by atoms with van der Waals surface area (Å²) < 4.78 is 10.9. The van der Waals surface area contributed by atoms with Crippen molar-refractivity contribution in [2.24, 2.45) is 4.99 Å². The van der Waals surface area contributed by atoms with Crippen LogP contribution < -0.4 is 16.0 Å². The van der Waals surface area contributed by atoms with E-state index in [1.54, 1.807) is 13.3 Å². The van der Waals surface area contributed by atoms with Gasteiger partial charge in [-0.25, -0.2) is 4.79 Å². The molecule has 29 heavy (non-hydrogen) atoms. The number of carbonyl (C=O) groups excluding carboxylic acids is 1. The number of nitrogens with zero attached hydrogens (tertiary/aromatic N) is 2. The normalized spacial score (nSPS) is 16.9. The molecule has 1 aromatic rings. The van der Waals surface area contributed by atoms with Crippen molar-refractivity contribution in [1.29, 1.82) is 0 Å². The number of alkyl carbamates (subject to hydrolysis) is 1. The van der Waals surface area contributed by atoms with Crippen LogP contribution in [0.3, 0.4) is 0 Å². The van der Waals surface area contributed by atoms with Crippen molar-refractivity contribution in [1.82, 2.24) is 20.9 Å². The van der Waals surface area contributed by atoms with Crippen LogP contribution in [-0.2, 0) is 4.74 Å². The number of rotatable bonds is 8. The molecule has 1 aromatic heterocycles. The second-order valence-corrected chi connectivity index (χ2v) is 8.29. The molecule has 2 rings (SSSR count). The molecule has 2 heterocycles. The predicted molar refractivity (Wildman–Crippen MR) is 115 cm³/mol. The number of amides is 1. The van der Waals surface area contributed by atoms with Gasteiger partial charge in [0.25, 0.3) is 0 Å². The third kappa shape index (κ3) is 8.77. The van der Waals surface area contributed by atoms with Crippen LogP contribution in [0.4, 0.5) is 4.79 Å². The quantitative estimate of drug-likeness (QED) is 0.349. The van der Waals surface area contributed by atoms with Crippen molar-refractivity contribution in [3.8, 4) is 0 Å². The highest BCUT2D eigenvalue weighted by atomic mass is 16.6. The van der Waals surface area contributed by atoms with Crippen LogP contribution in [0.25, 0.3) is 0 Å². The average molecular weight is 408 g/mol. The summed E-state index contributed by atoms with van der Waals surface area (Å²) in [5.74, 6) is 1.73. The molecule has 1 atom stereocenters. The van der Waals surface area contributed by atoms with Crippen LogP contribution in [0.15, 0.2) is 27.8 Å². The molecule has 0 bridgehead atoms. The van der Waals surface area contributed by atoms with Crippen LogP contribution in [0, 0.1) is 0 Å². The van der Waals surface area contributed by atoms with Gasteiger partial charge in [0.2, 0.25) is 0 Å². The summed E-state index contributed by atoms with van der Waals surface area (Å²) in [7, 11) is 1.76. The van der Waals surface area contributed by atoms with Crippen LogP contribution in [0.1, 0.15) is 58.3 Å². The zero-order valence-electron chi connectivity index (χ0n) is 18.3. The minimum Gasteiger partial charge on any atom is -0.468 e. The van der Waals surface area contributed by atoms with Gasteiger partial charge in [-0.1, -0.05) is 6.42 Å². The van der Waals surface area contributed by atoms with Crippen LogP contribution >= 0.6 is 0 Å². The maximum absolute atomic E-state index is 11.6. The smallest absolute Gasteiger partial charge is 0.407 e. The van der Waals surface area contributed by atoms with Gasteiger partial charge in [-0.05, 0) is 65.3 Å². The summed E-state index contributed by atoms with van der Waals surface area (Å²) in [6.45, 7) is 9.71. The van der Waals surface area contributed by atoms with Gasteiger partial charge in [-0.3, -0.25) is 9.89 Å². The number of likely N-dealkylation sites (tertiary alicyclic amines) is 1. The van der Waals surface area contributed by atoms with Crippen molar-refractivity contribution in [2.45, 2.75) is 58.1 Å². The maximum Gasteiger partial charge on any atom is 0.407 e. The van der Waals surface area contributed by atoms with Crippen LogP contribution in [0.2, 0.25) is 0 Å². The van der Waals surface area contributed by atoms with Gasteiger partial charge in [0.15, 0.2) is 5.96 Å². The predicted octanol–water partition coefficient (Wildman–Crippen LogP) is 2.89. The van der Waals surface area contributed by atoms with Crippen molar-refractivity contribution in [3.63, 3.8) is 0 Å². The lowest BCUT2D eigenvalue weighted by molar-refractivity contribution is 0.0527. The highest BCUT2D eigenvalue weighted by Gasteiger charge is 2.24. The van der Waals surface area contributed by atoms with Crippen LogP contribution in [0.5, 0.6) is 0 Å². The minimum atomic E-state index is -0.479. The first kappa shape index (κ1) is 23.1. The number of carbonyl (C=O) groups is 1. The fourth-order valence-corrected chi connectivity index (χ4v) is 3.33. The molecule has 3 N–H and O–H groups in total. The molecule has 1 fully saturated rings. The van der Waals surface area contributed by atoms with Gasteiger partial charge >= 0.3 is 6.09 Å². The zero-order chi connectivity index (χ0) is 21.1. The Morgan fingerprint density at radius 3 is 2.55 bits per heavy atom. The lowest BCUT2D eigenvalue weighted by atomic mass is 10.1. The molecule has 8 heteroatoms. The van der Waals surface area contributed by atoms with E-state index in [4.69, 9.17) is 9.15 Å². The topological polar surface area (TPSA) is 91.1 Å². The van der Waals surface area contributed by atoms with Gasteiger partial charge in [0.1, 0.15) is 11.4 Å². The van der Waals surface area contributed by atoms with Crippen molar-refractivity contribution in [2.75, 3.05) is 39.8 Å². The Morgan fingerprint density at radius 1 is 1.21 bits per heavy atom. The number of hydrogen-bond acceptors (Lipinski definition) is 5.